The molecule has 0 aliphatic carbocycles. The molecule has 16 heteroatoms. The van der Waals surface area contributed by atoms with Crippen molar-refractivity contribution in [2.24, 2.45) is 0 Å². The molecule has 1 aliphatic heterocycles. The number of nitrogens with zero attached hydrogens (tertiary/aromatic N) is 2. The van der Waals surface area contributed by atoms with E-state index in [1.807, 2.05) is 0 Å². The van der Waals surface area contributed by atoms with Gasteiger partial charge in [0.1, 0.15) is 36.9 Å². The first-order chi connectivity index (χ1) is 21.9. The number of allylic oxidation sites excluding steroid dienone is 1. The SMILES string of the molecule is [C-]#[N+]C(C#N)=C1Sc2c(OC(=O)CCC(=O)OCC(C)OC(=O)C=C)ccc(OC(=O)CCC(=O)OCC(C)OC(=O)C=C)c2S1. The number of thioether (sulfide) groups is 2. The number of fused-ring (bicyclic) bond motifs is 1. The molecule has 2 atom stereocenters. The van der Waals surface area contributed by atoms with Crippen molar-refractivity contribution in [2.75, 3.05) is 13.2 Å². The van der Waals surface area contributed by atoms with Crippen LogP contribution in [0.3, 0.4) is 0 Å². The van der Waals surface area contributed by atoms with Gasteiger partial charge in [-0.1, -0.05) is 36.7 Å². The van der Waals surface area contributed by atoms with Crippen molar-refractivity contribution in [3.05, 3.63) is 58.8 Å². The number of benzene rings is 1. The fraction of sp³-hybridized carbons (Fsp3) is 0.333. The van der Waals surface area contributed by atoms with Crippen molar-refractivity contribution in [3.8, 4) is 17.6 Å². The number of hydrogen-bond acceptors (Lipinski definition) is 15. The zero-order chi connectivity index (χ0) is 34.2. The number of carbonyl (C=O) groups is 6. The van der Waals surface area contributed by atoms with Crippen LogP contribution >= 0.6 is 23.5 Å². The van der Waals surface area contributed by atoms with Crippen LogP contribution < -0.4 is 9.47 Å². The number of nitriles is 1. The summed E-state index contributed by atoms with van der Waals surface area (Å²) in [7, 11) is 0. The number of carbonyl (C=O) groups excluding carboxylic acids is 6. The average molecular weight is 673 g/mol. The van der Waals surface area contributed by atoms with Crippen molar-refractivity contribution in [1.82, 2.24) is 0 Å². The monoisotopic (exact) mass is 672 g/mol. The highest BCUT2D eigenvalue weighted by Gasteiger charge is 2.30. The molecule has 1 aliphatic rings. The summed E-state index contributed by atoms with van der Waals surface area (Å²) in [4.78, 5) is 75.3. The van der Waals surface area contributed by atoms with Gasteiger partial charge >= 0.3 is 35.8 Å². The summed E-state index contributed by atoms with van der Waals surface area (Å²) in [5.41, 5.74) is -0.229. The van der Waals surface area contributed by atoms with Crippen LogP contribution in [-0.4, -0.2) is 61.2 Å². The Hall–Kier alpha value is -5.06. The third-order valence-corrected chi connectivity index (χ3v) is 7.89. The van der Waals surface area contributed by atoms with Gasteiger partial charge in [0.2, 0.25) is 0 Å². The molecule has 0 saturated heterocycles. The quantitative estimate of drug-likeness (QED) is 0.0607. The van der Waals surface area contributed by atoms with E-state index in [0.717, 1.165) is 35.7 Å². The first-order valence-electron chi connectivity index (χ1n) is 13.3. The van der Waals surface area contributed by atoms with Gasteiger partial charge in [-0.05, 0) is 26.0 Å². The predicted octanol–water partition coefficient (Wildman–Crippen LogP) is 4.19. The molecule has 0 saturated carbocycles. The first kappa shape index (κ1) is 37.1. The molecule has 0 N–H and O–H groups in total. The van der Waals surface area contributed by atoms with E-state index in [2.05, 4.69) is 18.0 Å². The van der Waals surface area contributed by atoms with Crippen LogP contribution in [0.15, 0.2) is 57.2 Å². The highest BCUT2D eigenvalue weighted by atomic mass is 32.2. The Kier molecular flexibility index (Phi) is 15.1. The highest BCUT2D eigenvalue weighted by molar-refractivity contribution is 8.24. The lowest BCUT2D eigenvalue weighted by molar-refractivity contribution is -0.155. The molecule has 0 amide bonds. The number of ether oxygens (including phenoxy) is 6. The summed E-state index contributed by atoms with van der Waals surface area (Å²) in [5, 5.41) is 9.34. The summed E-state index contributed by atoms with van der Waals surface area (Å²) in [5.74, 6) is -4.34. The van der Waals surface area contributed by atoms with Crippen LogP contribution in [0.5, 0.6) is 11.5 Å². The molecule has 0 bridgehead atoms. The summed E-state index contributed by atoms with van der Waals surface area (Å²) in [6.45, 7) is 16.4. The third-order valence-electron chi connectivity index (χ3n) is 5.28. The van der Waals surface area contributed by atoms with Gasteiger partial charge in [-0.25, -0.2) is 19.7 Å². The Labute approximate surface area is 272 Å². The molecule has 0 spiro atoms. The smallest absolute Gasteiger partial charge is 0.330 e. The van der Waals surface area contributed by atoms with Gasteiger partial charge in [-0.2, -0.15) is 0 Å². The Balaban J connectivity index is 2.03. The maximum absolute atomic E-state index is 12.5. The van der Waals surface area contributed by atoms with E-state index in [0.29, 0.717) is 0 Å². The maximum atomic E-state index is 12.5. The van der Waals surface area contributed by atoms with Crippen molar-refractivity contribution in [2.45, 2.75) is 61.5 Å². The minimum atomic E-state index is -0.796. The van der Waals surface area contributed by atoms with Crippen molar-refractivity contribution in [3.63, 3.8) is 0 Å². The van der Waals surface area contributed by atoms with Crippen molar-refractivity contribution >= 4 is 59.3 Å². The fourth-order valence-corrected chi connectivity index (χ4v) is 5.65. The summed E-state index contributed by atoms with van der Waals surface area (Å²) < 4.78 is 30.9. The van der Waals surface area contributed by atoms with Crippen LogP contribution in [0.4, 0.5) is 0 Å². The molecule has 1 heterocycles. The van der Waals surface area contributed by atoms with Gasteiger partial charge in [0.15, 0.2) is 0 Å². The lowest BCUT2D eigenvalue weighted by atomic mass is 10.3. The van der Waals surface area contributed by atoms with Gasteiger partial charge in [0.25, 0.3) is 5.70 Å². The second-order valence-electron chi connectivity index (χ2n) is 9.00. The number of rotatable bonds is 16. The van der Waals surface area contributed by atoms with E-state index < -0.39 is 48.0 Å². The molecule has 46 heavy (non-hydrogen) atoms. The molecule has 0 fully saturated rings. The van der Waals surface area contributed by atoms with Gasteiger partial charge in [0, 0.05) is 12.2 Å². The average Bonchev–Trinajstić information content (AvgIpc) is 3.48. The van der Waals surface area contributed by atoms with Crippen LogP contribution in [0.2, 0.25) is 0 Å². The van der Waals surface area contributed by atoms with E-state index in [9.17, 15) is 34.0 Å². The number of esters is 6. The van der Waals surface area contributed by atoms with Crippen LogP contribution in [0, 0.1) is 17.9 Å². The van der Waals surface area contributed by atoms with Gasteiger partial charge in [-0.3, -0.25) is 19.2 Å². The minimum Gasteiger partial charge on any atom is -0.462 e. The third kappa shape index (κ3) is 12.1. The normalized spacial score (nSPS) is 12.5. The largest absolute Gasteiger partial charge is 0.462 e. The molecule has 1 aromatic carbocycles. The van der Waals surface area contributed by atoms with E-state index in [4.69, 9.17) is 35.0 Å². The zero-order valence-corrected chi connectivity index (χ0v) is 26.4. The van der Waals surface area contributed by atoms with Crippen LogP contribution in [0.25, 0.3) is 4.85 Å². The van der Waals surface area contributed by atoms with E-state index in [1.54, 1.807) is 6.07 Å². The van der Waals surface area contributed by atoms with Crippen LogP contribution in [-0.2, 0) is 47.7 Å². The molecule has 14 nitrogen and oxygen atoms in total. The predicted molar refractivity (Wildman–Crippen MR) is 161 cm³/mol. The molecule has 242 valence electrons. The zero-order valence-electron chi connectivity index (χ0n) is 24.7. The van der Waals surface area contributed by atoms with Crippen molar-refractivity contribution in [1.29, 1.82) is 5.26 Å². The maximum Gasteiger partial charge on any atom is 0.330 e. The van der Waals surface area contributed by atoms with Crippen LogP contribution in [0.1, 0.15) is 39.5 Å². The second-order valence-corrected chi connectivity index (χ2v) is 11.3. The van der Waals surface area contributed by atoms with Gasteiger partial charge < -0.3 is 28.4 Å². The lowest BCUT2D eigenvalue weighted by Gasteiger charge is -2.13. The Morgan fingerprint density at radius 1 is 0.804 bits per heavy atom. The first-order valence-corrected chi connectivity index (χ1v) is 15.0. The molecular formula is C30H28N2O12S2. The van der Waals surface area contributed by atoms with E-state index in [-0.39, 0.29) is 70.1 Å². The summed E-state index contributed by atoms with van der Waals surface area (Å²) >= 11 is 1.92. The topological polar surface area (TPSA) is 186 Å². The number of hydrogen-bond donors (Lipinski definition) is 0. The Morgan fingerprint density at radius 2 is 1.20 bits per heavy atom. The van der Waals surface area contributed by atoms with Gasteiger partial charge in [-0.15, -0.1) is 0 Å². The Bertz CT molecular complexity index is 1410. The summed E-state index contributed by atoms with van der Waals surface area (Å²) in [6, 6.07) is 4.46. The minimum absolute atomic E-state index is 0.0303. The summed E-state index contributed by atoms with van der Waals surface area (Å²) in [6.07, 6.45) is -0.883. The molecule has 0 radical (unpaired) electrons. The van der Waals surface area contributed by atoms with E-state index in [1.165, 1.54) is 26.0 Å². The molecule has 1 aromatic rings. The fourth-order valence-electron chi connectivity index (χ4n) is 3.18. The molecular weight excluding hydrogens is 644 g/mol. The molecule has 2 rings (SSSR count). The molecule has 2 unspecified atom stereocenters. The van der Waals surface area contributed by atoms with E-state index >= 15 is 0 Å². The second kappa shape index (κ2) is 18.7. The lowest BCUT2D eigenvalue weighted by Crippen LogP contribution is -2.22. The molecule has 0 aromatic heterocycles. The highest BCUT2D eigenvalue weighted by Crippen LogP contribution is 2.59. The van der Waals surface area contributed by atoms with Crippen molar-refractivity contribution < 1.29 is 57.2 Å². The Morgan fingerprint density at radius 3 is 1.54 bits per heavy atom. The van der Waals surface area contributed by atoms with Gasteiger partial charge in [0.05, 0.1) is 52.4 Å². The standard InChI is InChI=1S/C30H28N2O12S2/c1-6-22(33)41-17(3)15-39-24(35)10-12-26(37)43-20-8-9-21(29-28(20)45-30(46-29)19(14-31)32-5)44-27(38)13-11-25(36)40-16-18(4)42-23(34)7-2/h6-9,17-18H,1-2,10-13,15-16H2,3-4H3.